The van der Waals surface area contributed by atoms with Crippen LogP contribution in [-0.4, -0.2) is 30.6 Å². The molecule has 0 saturated heterocycles. The molecule has 1 aliphatic heterocycles. The number of imidazole rings is 1. The second-order valence-electron chi connectivity index (χ2n) is 5.20. The second kappa shape index (κ2) is 4.49. The molecule has 0 saturated carbocycles. The molecule has 4 rings (SSSR count). The van der Waals surface area contributed by atoms with E-state index >= 15 is 0 Å². The van der Waals surface area contributed by atoms with Crippen LogP contribution in [0.4, 0.5) is 0 Å². The first-order valence-electron chi connectivity index (χ1n) is 6.87. The quantitative estimate of drug-likeness (QED) is 0.582. The smallest absolute Gasteiger partial charge is 0.356 e. The Morgan fingerprint density at radius 1 is 1.27 bits per heavy atom. The Morgan fingerprint density at radius 2 is 2.09 bits per heavy atom. The average Bonchev–Trinajstić information content (AvgIpc) is 2.87. The Hall–Kier alpha value is -3.02. The van der Waals surface area contributed by atoms with Crippen LogP contribution in [0.3, 0.4) is 0 Å². The number of para-hydroxylation sites is 1. The molecule has 0 radical (unpaired) electrons. The summed E-state index contributed by atoms with van der Waals surface area (Å²) in [4.78, 5) is 24.3. The van der Waals surface area contributed by atoms with Crippen LogP contribution >= 0.6 is 0 Å². The van der Waals surface area contributed by atoms with Crippen molar-refractivity contribution in [1.82, 2.24) is 19.5 Å². The minimum atomic E-state index is -1.03. The second-order valence-corrected chi connectivity index (χ2v) is 5.20. The molecule has 0 amide bonds. The summed E-state index contributed by atoms with van der Waals surface area (Å²) in [6.07, 6.45) is 3.76. The number of aromatic nitrogens is 4. The number of benzene rings is 1. The van der Waals surface area contributed by atoms with E-state index in [4.69, 9.17) is 0 Å². The summed E-state index contributed by atoms with van der Waals surface area (Å²) < 4.78 is 1.83. The van der Waals surface area contributed by atoms with Gasteiger partial charge in [-0.3, -0.25) is 0 Å². The molecule has 22 heavy (non-hydrogen) atoms. The normalized spacial score (nSPS) is 12.0. The number of fused-ring (bicyclic) bond motifs is 5. The standard InChI is InChI=1S/C16H12N4O2/c1-9-17-7-10-6-13-15(16(21)22)18-8-20(13)12-5-3-2-4-11(12)14(10)19-9/h2-5,7-8H,6H2,1H3,(H,21,22). The molecule has 0 fully saturated rings. The molecule has 0 spiro atoms. The zero-order valence-electron chi connectivity index (χ0n) is 11.8. The van der Waals surface area contributed by atoms with Gasteiger partial charge < -0.3 is 9.67 Å². The lowest BCUT2D eigenvalue weighted by molar-refractivity contribution is 0.0690. The predicted octanol–water partition coefficient (Wildman–Crippen LogP) is 2.24. The van der Waals surface area contributed by atoms with E-state index < -0.39 is 5.97 Å². The van der Waals surface area contributed by atoms with E-state index in [-0.39, 0.29) is 5.69 Å². The lowest BCUT2D eigenvalue weighted by atomic mass is 10.0. The van der Waals surface area contributed by atoms with E-state index in [9.17, 15) is 9.90 Å². The zero-order chi connectivity index (χ0) is 15.3. The number of carboxylic acids is 1. The number of hydrogen-bond acceptors (Lipinski definition) is 4. The Kier molecular flexibility index (Phi) is 2.59. The number of carboxylic acid groups (broad SMARTS) is 1. The summed E-state index contributed by atoms with van der Waals surface area (Å²) in [7, 11) is 0. The summed E-state index contributed by atoms with van der Waals surface area (Å²) in [5.41, 5.74) is 4.31. The van der Waals surface area contributed by atoms with Gasteiger partial charge in [-0.2, -0.15) is 0 Å². The molecule has 3 heterocycles. The van der Waals surface area contributed by atoms with Gasteiger partial charge in [-0.25, -0.2) is 19.7 Å². The maximum Gasteiger partial charge on any atom is 0.356 e. The van der Waals surface area contributed by atoms with Gasteiger partial charge >= 0.3 is 5.97 Å². The van der Waals surface area contributed by atoms with Crippen LogP contribution in [0.2, 0.25) is 0 Å². The molecule has 0 bridgehead atoms. The summed E-state index contributed by atoms with van der Waals surface area (Å²) in [6, 6.07) is 7.79. The summed E-state index contributed by atoms with van der Waals surface area (Å²) >= 11 is 0. The minimum absolute atomic E-state index is 0.0724. The average molecular weight is 292 g/mol. The maximum absolute atomic E-state index is 11.4. The Bertz CT molecular complexity index is 914. The SMILES string of the molecule is Cc1ncc2c(n1)-c1ccccc1-n1cnc(C(=O)O)c1C2. The van der Waals surface area contributed by atoms with Crippen molar-refractivity contribution >= 4 is 5.97 Å². The van der Waals surface area contributed by atoms with Gasteiger partial charge in [0.15, 0.2) is 5.69 Å². The number of aryl methyl sites for hydroxylation is 1. The first-order valence-corrected chi connectivity index (χ1v) is 6.87. The van der Waals surface area contributed by atoms with Crippen molar-refractivity contribution in [1.29, 1.82) is 0 Å². The zero-order valence-corrected chi connectivity index (χ0v) is 11.8. The van der Waals surface area contributed by atoms with Gasteiger partial charge in [0.1, 0.15) is 12.2 Å². The lowest BCUT2D eigenvalue weighted by Crippen LogP contribution is -2.06. The third kappa shape index (κ3) is 1.74. The number of carbonyl (C=O) groups is 1. The summed E-state index contributed by atoms with van der Waals surface area (Å²) in [5.74, 6) is -0.334. The molecule has 1 aromatic carbocycles. The number of aromatic carboxylic acids is 1. The molecular weight excluding hydrogens is 280 g/mol. The summed E-state index contributed by atoms with van der Waals surface area (Å²) in [6.45, 7) is 1.85. The lowest BCUT2D eigenvalue weighted by Gasteiger charge is -2.09. The highest BCUT2D eigenvalue weighted by atomic mass is 16.4. The van der Waals surface area contributed by atoms with E-state index in [2.05, 4.69) is 15.0 Å². The van der Waals surface area contributed by atoms with Crippen molar-refractivity contribution < 1.29 is 9.90 Å². The fraction of sp³-hybridized carbons (Fsp3) is 0.125. The largest absolute Gasteiger partial charge is 0.476 e. The molecule has 0 unspecified atom stereocenters. The Balaban J connectivity index is 2.09. The predicted molar refractivity (Wildman–Crippen MR) is 79.1 cm³/mol. The fourth-order valence-corrected chi connectivity index (χ4v) is 2.85. The molecule has 2 aromatic heterocycles. The number of hydrogen-bond donors (Lipinski definition) is 1. The highest BCUT2D eigenvalue weighted by molar-refractivity contribution is 5.88. The molecule has 0 aliphatic carbocycles. The van der Waals surface area contributed by atoms with Crippen molar-refractivity contribution in [2.45, 2.75) is 13.3 Å². The summed E-state index contributed by atoms with van der Waals surface area (Å²) in [5, 5.41) is 9.35. The van der Waals surface area contributed by atoms with Gasteiger partial charge in [0.05, 0.1) is 17.1 Å². The van der Waals surface area contributed by atoms with E-state index in [1.807, 2.05) is 35.8 Å². The monoisotopic (exact) mass is 292 g/mol. The van der Waals surface area contributed by atoms with E-state index in [1.165, 1.54) is 0 Å². The van der Waals surface area contributed by atoms with Crippen molar-refractivity contribution in [3.63, 3.8) is 0 Å². The highest BCUT2D eigenvalue weighted by Crippen LogP contribution is 2.34. The van der Waals surface area contributed by atoms with E-state index in [0.29, 0.717) is 17.9 Å². The van der Waals surface area contributed by atoms with E-state index in [0.717, 1.165) is 22.5 Å². The molecule has 1 N–H and O–H groups in total. The van der Waals surface area contributed by atoms with Crippen LogP contribution in [-0.2, 0) is 6.42 Å². The molecule has 6 nitrogen and oxygen atoms in total. The van der Waals surface area contributed by atoms with Gasteiger partial charge in [0.2, 0.25) is 0 Å². The molecule has 6 heteroatoms. The van der Waals surface area contributed by atoms with Gasteiger partial charge in [-0.15, -0.1) is 0 Å². The molecular formula is C16H12N4O2. The van der Waals surface area contributed by atoms with Gasteiger partial charge in [0, 0.05) is 23.7 Å². The van der Waals surface area contributed by atoms with Gasteiger partial charge in [-0.05, 0) is 13.0 Å². The minimum Gasteiger partial charge on any atom is -0.476 e. The van der Waals surface area contributed by atoms with Gasteiger partial charge in [0.25, 0.3) is 0 Å². The van der Waals surface area contributed by atoms with Crippen LogP contribution in [0.25, 0.3) is 16.9 Å². The highest BCUT2D eigenvalue weighted by Gasteiger charge is 2.25. The topological polar surface area (TPSA) is 80.9 Å². The van der Waals surface area contributed by atoms with Crippen molar-refractivity contribution in [2.24, 2.45) is 0 Å². The Morgan fingerprint density at radius 3 is 2.91 bits per heavy atom. The first-order chi connectivity index (χ1) is 10.6. The van der Waals surface area contributed by atoms with Crippen LogP contribution in [0, 0.1) is 6.92 Å². The van der Waals surface area contributed by atoms with Crippen molar-refractivity contribution in [3.05, 3.63) is 59.6 Å². The number of nitrogens with zero attached hydrogens (tertiary/aromatic N) is 4. The van der Waals surface area contributed by atoms with Crippen LogP contribution in [0.1, 0.15) is 27.6 Å². The molecule has 3 aromatic rings. The molecule has 1 aliphatic rings. The van der Waals surface area contributed by atoms with Crippen LogP contribution in [0.5, 0.6) is 0 Å². The van der Waals surface area contributed by atoms with Crippen molar-refractivity contribution in [2.75, 3.05) is 0 Å². The number of rotatable bonds is 1. The Labute approximate surface area is 126 Å². The van der Waals surface area contributed by atoms with E-state index in [1.54, 1.807) is 12.5 Å². The molecule has 108 valence electrons. The maximum atomic E-state index is 11.4. The van der Waals surface area contributed by atoms with Crippen LogP contribution < -0.4 is 0 Å². The molecule has 0 atom stereocenters. The fourth-order valence-electron chi connectivity index (χ4n) is 2.85. The first kappa shape index (κ1) is 12.7. The van der Waals surface area contributed by atoms with Gasteiger partial charge in [-0.1, -0.05) is 18.2 Å². The third-order valence-corrected chi connectivity index (χ3v) is 3.83. The van der Waals surface area contributed by atoms with Crippen LogP contribution in [0.15, 0.2) is 36.8 Å². The third-order valence-electron chi connectivity index (χ3n) is 3.83. The van der Waals surface area contributed by atoms with Crippen molar-refractivity contribution in [3.8, 4) is 16.9 Å².